The molecule has 0 saturated carbocycles. The van der Waals surface area contributed by atoms with Gasteiger partial charge in [0.15, 0.2) is 0 Å². The van der Waals surface area contributed by atoms with Crippen molar-refractivity contribution in [2.24, 2.45) is 5.41 Å². The zero-order valence-corrected chi connectivity index (χ0v) is 13.4. The summed E-state index contributed by atoms with van der Waals surface area (Å²) in [7, 11) is 0. The average molecular weight is 306 g/mol. The molecule has 0 spiro atoms. The fraction of sp³-hybridized carbons (Fsp3) is 0.333. The lowest BCUT2D eigenvalue weighted by atomic mass is 9.82. The van der Waals surface area contributed by atoms with Crippen LogP contribution in [-0.2, 0) is 6.54 Å². The van der Waals surface area contributed by atoms with Crippen molar-refractivity contribution in [1.29, 1.82) is 0 Å². The number of nitrogens with one attached hydrogen (secondary N) is 1. The number of benzene rings is 2. The highest BCUT2D eigenvalue weighted by Crippen LogP contribution is 2.33. The minimum Gasteiger partial charge on any atom is -0.305 e. The molecule has 2 aromatic rings. The maximum Gasteiger partial charge on any atom is 0.123 e. The molecule has 0 aliphatic carbocycles. The molecule has 1 N–H and O–H groups in total. The zero-order chi connectivity index (χ0) is 15.5. The van der Waals surface area contributed by atoms with Gasteiger partial charge in [-0.15, -0.1) is 0 Å². The molecule has 2 rings (SSSR count). The van der Waals surface area contributed by atoms with Crippen LogP contribution in [0.25, 0.3) is 0 Å². The second-order valence-corrected chi connectivity index (χ2v) is 6.73. The van der Waals surface area contributed by atoms with Crippen molar-refractivity contribution in [2.45, 2.75) is 33.4 Å². The molecule has 0 aromatic heterocycles. The van der Waals surface area contributed by atoms with Gasteiger partial charge in [0.2, 0.25) is 0 Å². The van der Waals surface area contributed by atoms with Crippen LogP contribution in [0.5, 0.6) is 0 Å². The van der Waals surface area contributed by atoms with E-state index >= 15 is 0 Å². The Labute approximate surface area is 131 Å². The zero-order valence-electron chi connectivity index (χ0n) is 12.7. The maximum absolute atomic E-state index is 13.1. The lowest BCUT2D eigenvalue weighted by Crippen LogP contribution is -2.32. The molecule has 1 unspecified atom stereocenters. The SMILES string of the molecule is CC(C)(C)C(NCc1ccccc1Cl)c1ccc(F)cc1. The first kappa shape index (κ1) is 16.0. The van der Waals surface area contributed by atoms with Gasteiger partial charge < -0.3 is 5.32 Å². The van der Waals surface area contributed by atoms with Crippen LogP contribution in [0.2, 0.25) is 5.02 Å². The second-order valence-electron chi connectivity index (χ2n) is 6.32. The quantitative estimate of drug-likeness (QED) is 0.802. The van der Waals surface area contributed by atoms with Crippen LogP contribution >= 0.6 is 11.6 Å². The minimum atomic E-state index is -0.211. The third kappa shape index (κ3) is 4.29. The van der Waals surface area contributed by atoms with Crippen molar-refractivity contribution in [1.82, 2.24) is 5.32 Å². The monoisotopic (exact) mass is 305 g/mol. The van der Waals surface area contributed by atoms with Crippen molar-refractivity contribution in [3.63, 3.8) is 0 Å². The van der Waals surface area contributed by atoms with Crippen LogP contribution in [0.3, 0.4) is 0 Å². The number of hydrogen-bond donors (Lipinski definition) is 1. The normalized spacial score (nSPS) is 13.2. The Hall–Kier alpha value is -1.38. The van der Waals surface area contributed by atoms with E-state index in [4.69, 9.17) is 11.6 Å². The van der Waals surface area contributed by atoms with Crippen LogP contribution in [0.15, 0.2) is 48.5 Å². The summed E-state index contributed by atoms with van der Waals surface area (Å²) in [5.74, 6) is -0.211. The first-order valence-corrected chi connectivity index (χ1v) is 7.48. The van der Waals surface area contributed by atoms with Crippen molar-refractivity contribution < 1.29 is 4.39 Å². The molecule has 2 aromatic carbocycles. The van der Waals surface area contributed by atoms with Crippen LogP contribution in [0.4, 0.5) is 4.39 Å². The molecule has 1 atom stereocenters. The summed E-state index contributed by atoms with van der Waals surface area (Å²) in [4.78, 5) is 0. The Morgan fingerprint density at radius 2 is 1.67 bits per heavy atom. The van der Waals surface area contributed by atoms with Gasteiger partial charge in [-0.25, -0.2) is 4.39 Å². The summed E-state index contributed by atoms with van der Waals surface area (Å²) >= 11 is 6.20. The number of rotatable bonds is 4. The minimum absolute atomic E-state index is 0.0130. The predicted molar refractivity (Wildman–Crippen MR) is 86.9 cm³/mol. The Bertz CT molecular complexity index is 587. The van der Waals surface area contributed by atoms with E-state index in [0.717, 1.165) is 16.1 Å². The van der Waals surface area contributed by atoms with E-state index in [0.29, 0.717) is 6.54 Å². The standard InChI is InChI=1S/C18H21ClFN/c1-18(2,3)17(13-8-10-15(20)11-9-13)21-12-14-6-4-5-7-16(14)19/h4-11,17,21H,12H2,1-3H3. The third-order valence-corrected chi connectivity index (χ3v) is 3.89. The van der Waals surface area contributed by atoms with Crippen LogP contribution in [0, 0.1) is 11.2 Å². The molecule has 0 fully saturated rings. The molecular formula is C18H21ClFN. The molecule has 112 valence electrons. The van der Waals surface area contributed by atoms with Crippen molar-refractivity contribution in [3.8, 4) is 0 Å². The topological polar surface area (TPSA) is 12.0 Å². The molecule has 0 aliphatic heterocycles. The molecule has 0 radical (unpaired) electrons. The molecule has 0 aliphatic rings. The van der Waals surface area contributed by atoms with Gasteiger partial charge in [0.25, 0.3) is 0 Å². The van der Waals surface area contributed by atoms with E-state index in [1.807, 2.05) is 36.4 Å². The van der Waals surface area contributed by atoms with E-state index in [2.05, 4.69) is 26.1 Å². The summed E-state index contributed by atoms with van der Waals surface area (Å²) in [6.07, 6.45) is 0. The lowest BCUT2D eigenvalue weighted by Gasteiger charge is -2.32. The number of hydrogen-bond acceptors (Lipinski definition) is 1. The van der Waals surface area contributed by atoms with Gasteiger partial charge in [-0.2, -0.15) is 0 Å². The molecular weight excluding hydrogens is 285 g/mol. The van der Waals surface area contributed by atoms with Gasteiger partial charge in [-0.05, 0) is 34.7 Å². The summed E-state index contributed by atoms with van der Waals surface area (Å²) < 4.78 is 13.1. The fourth-order valence-electron chi connectivity index (χ4n) is 2.43. The van der Waals surface area contributed by atoms with E-state index in [1.165, 1.54) is 12.1 Å². The van der Waals surface area contributed by atoms with Crippen LogP contribution in [0.1, 0.15) is 37.9 Å². The van der Waals surface area contributed by atoms with Crippen LogP contribution in [-0.4, -0.2) is 0 Å². The second kappa shape index (κ2) is 6.59. The smallest absolute Gasteiger partial charge is 0.123 e. The maximum atomic E-state index is 13.1. The highest BCUT2D eigenvalue weighted by molar-refractivity contribution is 6.31. The predicted octanol–water partition coefficient (Wildman–Crippen LogP) is 5.36. The van der Waals surface area contributed by atoms with Gasteiger partial charge in [0.1, 0.15) is 5.82 Å². The molecule has 21 heavy (non-hydrogen) atoms. The molecule has 0 bridgehead atoms. The molecule has 0 saturated heterocycles. The fourth-order valence-corrected chi connectivity index (χ4v) is 2.64. The van der Waals surface area contributed by atoms with Gasteiger partial charge in [-0.3, -0.25) is 0 Å². The van der Waals surface area contributed by atoms with E-state index in [-0.39, 0.29) is 17.3 Å². The summed E-state index contributed by atoms with van der Waals surface area (Å²) in [6.45, 7) is 7.18. The first-order valence-electron chi connectivity index (χ1n) is 7.10. The van der Waals surface area contributed by atoms with Gasteiger partial charge in [-0.1, -0.05) is 62.7 Å². The third-order valence-electron chi connectivity index (χ3n) is 3.52. The van der Waals surface area contributed by atoms with Gasteiger partial charge >= 0.3 is 0 Å². The summed E-state index contributed by atoms with van der Waals surface area (Å²) in [5, 5.41) is 4.31. The largest absolute Gasteiger partial charge is 0.305 e. The van der Waals surface area contributed by atoms with E-state index in [1.54, 1.807) is 0 Å². The van der Waals surface area contributed by atoms with Crippen molar-refractivity contribution in [2.75, 3.05) is 0 Å². The lowest BCUT2D eigenvalue weighted by molar-refractivity contribution is 0.271. The van der Waals surface area contributed by atoms with E-state index < -0.39 is 0 Å². The van der Waals surface area contributed by atoms with Crippen molar-refractivity contribution in [3.05, 3.63) is 70.5 Å². The van der Waals surface area contributed by atoms with Gasteiger partial charge in [0, 0.05) is 17.6 Å². The van der Waals surface area contributed by atoms with Gasteiger partial charge in [0.05, 0.1) is 0 Å². The Kier molecular flexibility index (Phi) is 5.02. The highest BCUT2D eigenvalue weighted by atomic mass is 35.5. The molecule has 0 amide bonds. The Morgan fingerprint density at radius 3 is 2.24 bits per heavy atom. The summed E-state index contributed by atoms with van der Waals surface area (Å²) in [5.41, 5.74) is 2.16. The molecule has 3 heteroatoms. The number of halogens is 2. The van der Waals surface area contributed by atoms with E-state index in [9.17, 15) is 4.39 Å². The van der Waals surface area contributed by atoms with Crippen LogP contribution < -0.4 is 5.32 Å². The molecule has 0 heterocycles. The first-order chi connectivity index (χ1) is 9.88. The summed E-state index contributed by atoms with van der Waals surface area (Å²) in [6, 6.07) is 14.6. The molecule has 1 nitrogen and oxygen atoms in total. The average Bonchev–Trinajstić information content (AvgIpc) is 2.41. The van der Waals surface area contributed by atoms with Crippen molar-refractivity contribution >= 4 is 11.6 Å². The Balaban J connectivity index is 2.18. The highest BCUT2D eigenvalue weighted by Gasteiger charge is 2.25. The Morgan fingerprint density at radius 1 is 1.05 bits per heavy atom.